The molecule has 0 fully saturated rings. The molecule has 25 heavy (non-hydrogen) atoms. The molecule has 0 radical (unpaired) electrons. The Morgan fingerprint density at radius 1 is 0.960 bits per heavy atom. The van der Waals surface area contributed by atoms with Crippen LogP contribution in [0.4, 0.5) is 0 Å². The summed E-state index contributed by atoms with van der Waals surface area (Å²) in [5.41, 5.74) is 13.6. The number of nitrogens with two attached hydrogens (primary N) is 1. The van der Waals surface area contributed by atoms with Gasteiger partial charge in [-0.2, -0.15) is 0 Å². The normalized spacial score (nSPS) is 11.7. The first-order chi connectivity index (χ1) is 12.1. The maximum Gasteiger partial charge on any atom is 0.320 e. The van der Waals surface area contributed by atoms with Crippen molar-refractivity contribution in [3.63, 3.8) is 0 Å². The smallest absolute Gasteiger partial charge is 0.320 e. The number of hydrazine groups is 1. The second-order valence-corrected chi connectivity index (χ2v) is 5.76. The van der Waals surface area contributed by atoms with E-state index in [9.17, 15) is 9.59 Å². The summed E-state index contributed by atoms with van der Waals surface area (Å²) in [4.78, 5) is 22.6. The molecule has 0 spiro atoms. The van der Waals surface area contributed by atoms with Gasteiger partial charge in [-0.15, -0.1) is 0 Å². The zero-order valence-electron chi connectivity index (χ0n) is 13.9. The Hall–Kier alpha value is -2.70. The maximum atomic E-state index is 12.1. The number of rotatable bonds is 9. The molecule has 132 valence electrons. The molecule has 0 heterocycles. The van der Waals surface area contributed by atoms with E-state index in [1.165, 1.54) is 0 Å². The van der Waals surface area contributed by atoms with E-state index in [1.54, 1.807) is 12.1 Å². The minimum Gasteiger partial charge on any atom is -0.480 e. The molecule has 5 N–H and O–H groups in total. The molecule has 1 amide bonds. The van der Waals surface area contributed by atoms with Crippen LogP contribution in [0, 0.1) is 0 Å². The lowest BCUT2D eigenvalue weighted by Crippen LogP contribution is -2.38. The van der Waals surface area contributed by atoms with Gasteiger partial charge in [-0.05, 0) is 42.5 Å². The molecule has 0 bridgehead atoms. The largest absolute Gasteiger partial charge is 0.480 e. The van der Waals surface area contributed by atoms with E-state index in [0.29, 0.717) is 24.9 Å². The number of carbonyl (C=O) groups excluding carboxylic acids is 1. The van der Waals surface area contributed by atoms with Gasteiger partial charge in [0.15, 0.2) is 0 Å². The fraction of sp³-hybridized carbons (Fsp3) is 0.263. The van der Waals surface area contributed by atoms with Crippen molar-refractivity contribution in [2.45, 2.75) is 25.3 Å². The Morgan fingerprint density at radius 2 is 1.60 bits per heavy atom. The number of carboxylic acids is 1. The second kappa shape index (κ2) is 9.56. The van der Waals surface area contributed by atoms with E-state index in [1.807, 2.05) is 42.5 Å². The number of amides is 1. The number of hydrogen-bond acceptors (Lipinski definition) is 4. The number of aliphatic carboxylic acids is 1. The third-order valence-corrected chi connectivity index (χ3v) is 3.84. The minimum atomic E-state index is -0.986. The Bertz CT molecular complexity index is 687. The zero-order chi connectivity index (χ0) is 18.1. The summed E-state index contributed by atoms with van der Waals surface area (Å²) < 4.78 is 0. The summed E-state index contributed by atoms with van der Waals surface area (Å²) in [5, 5.41) is 8.68. The fourth-order valence-corrected chi connectivity index (χ4v) is 2.36. The van der Waals surface area contributed by atoms with Gasteiger partial charge in [0.1, 0.15) is 6.04 Å². The topological polar surface area (TPSA) is 104 Å². The highest BCUT2D eigenvalue weighted by atomic mass is 16.4. The van der Waals surface area contributed by atoms with Crippen LogP contribution in [0.1, 0.15) is 29.6 Å². The summed E-state index contributed by atoms with van der Waals surface area (Å²) in [5.74, 6) is -1.19. The van der Waals surface area contributed by atoms with Crippen molar-refractivity contribution in [3.05, 3.63) is 60.2 Å². The lowest BCUT2D eigenvalue weighted by atomic mass is 10.0. The highest BCUT2D eigenvalue weighted by Crippen LogP contribution is 2.19. The summed E-state index contributed by atoms with van der Waals surface area (Å²) in [6.45, 7) is 0.556. The molecular formula is C19H23N3O3. The lowest BCUT2D eigenvalue weighted by Gasteiger charge is -2.09. The summed E-state index contributed by atoms with van der Waals surface area (Å²) >= 11 is 0. The third kappa shape index (κ3) is 6.02. The minimum absolute atomic E-state index is 0.207. The van der Waals surface area contributed by atoms with Crippen LogP contribution in [0.5, 0.6) is 0 Å². The molecule has 1 atom stereocenters. The first kappa shape index (κ1) is 18.6. The van der Waals surface area contributed by atoms with Crippen molar-refractivity contribution in [2.24, 2.45) is 5.73 Å². The van der Waals surface area contributed by atoms with Gasteiger partial charge in [-0.3, -0.25) is 15.0 Å². The predicted octanol–water partition coefficient (Wildman–Crippen LogP) is 2.17. The highest BCUT2D eigenvalue weighted by molar-refractivity contribution is 5.94. The Morgan fingerprint density at radius 3 is 2.24 bits per heavy atom. The quantitative estimate of drug-likeness (QED) is 0.413. The van der Waals surface area contributed by atoms with Crippen LogP contribution in [-0.4, -0.2) is 29.6 Å². The van der Waals surface area contributed by atoms with E-state index in [2.05, 4.69) is 10.9 Å². The first-order valence-corrected chi connectivity index (χ1v) is 8.25. The summed E-state index contributed by atoms with van der Waals surface area (Å²) in [7, 11) is 0. The number of nitrogens with one attached hydrogen (secondary N) is 2. The number of unbranched alkanes of at least 4 members (excludes halogenated alkanes) is 1. The van der Waals surface area contributed by atoms with E-state index in [0.717, 1.165) is 17.5 Å². The van der Waals surface area contributed by atoms with Gasteiger partial charge in [0.2, 0.25) is 0 Å². The summed E-state index contributed by atoms with van der Waals surface area (Å²) in [6, 6.07) is 16.5. The van der Waals surface area contributed by atoms with Crippen molar-refractivity contribution in [3.8, 4) is 11.1 Å². The van der Waals surface area contributed by atoms with E-state index in [4.69, 9.17) is 10.8 Å². The molecule has 0 aliphatic heterocycles. The lowest BCUT2D eigenvalue weighted by molar-refractivity contribution is -0.138. The zero-order valence-corrected chi connectivity index (χ0v) is 13.9. The van der Waals surface area contributed by atoms with Crippen LogP contribution < -0.4 is 16.6 Å². The van der Waals surface area contributed by atoms with E-state index >= 15 is 0 Å². The van der Waals surface area contributed by atoms with E-state index in [-0.39, 0.29) is 5.91 Å². The molecule has 0 aliphatic rings. The Kier molecular flexibility index (Phi) is 7.13. The Balaban J connectivity index is 1.72. The molecule has 0 saturated carbocycles. The molecule has 0 aromatic heterocycles. The fourth-order valence-electron chi connectivity index (χ4n) is 2.36. The monoisotopic (exact) mass is 341 g/mol. The molecule has 0 aliphatic carbocycles. The van der Waals surface area contributed by atoms with Crippen molar-refractivity contribution in [1.29, 1.82) is 0 Å². The van der Waals surface area contributed by atoms with Crippen LogP contribution in [-0.2, 0) is 4.79 Å². The first-order valence-electron chi connectivity index (χ1n) is 8.25. The molecule has 0 saturated heterocycles. The van der Waals surface area contributed by atoms with Crippen molar-refractivity contribution >= 4 is 11.9 Å². The van der Waals surface area contributed by atoms with Gasteiger partial charge in [0, 0.05) is 12.1 Å². The SMILES string of the molecule is N[C@@H](CCCCNNC(=O)c1ccc(-c2ccccc2)cc1)C(=O)O. The average Bonchev–Trinajstić information content (AvgIpc) is 2.65. The number of carboxylic acid groups (broad SMARTS) is 1. The molecule has 0 unspecified atom stereocenters. The molecule has 2 rings (SSSR count). The van der Waals surface area contributed by atoms with Crippen molar-refractivity contribution in [1.82, 2.24) is 10.9 Å². The van der Waals surface area contributed by atoms with Gasteiger partial charge in [-0.1, -0.05) is 42.5 Å². The number of carbonyl (C=O) groups is 2. The maximum absolute atomic E-state index is 12.1. The van der Waals surface area contributed by atoms with E-state index < -0.39 is 12.0 Å². The summed E-state index contributed by atoms with van der Waals surface area (Å²) in [6.07, 6.45) is 1.84. The van der Waals surface area contributed by atoms with Gasteiger partial charge in [0.25, 0.3) is 5.91 Å². The van der Waals surface area contributed by atoms with Crippen LogP contribution in [0.2, 0.25) is 0 Å². The van der Waals surface area contributed by atoms with Gasteiger partial charge in [-0.25, -0.2) is 5.43 Å². The molecular weight excluding hydrogens is 318 g/mol. The third-order valence-electron chi connectivity index (χ3n) is 3.84. The van der Waals surface area contributed by atoms with Crippen LogP contribution >= 0.6 is 0 Å². The predicted molar refractivity (Wildman–Crippen MR) is 96.8 cm³/mol. The van der Waals surface area contributed by atoms with Crippen LogP contribution in [0.15, 0.2) is 54.6 Å². The molecule has 2 aromatic carbocycles. The van der Waals surface area contributed by atoms with Crippen molar-refractivity contribution in [2.75, 3.05) is 6.54 Å². The second-order valence-electron chi connectivity index (χ2n) is 5.76. The van der Waals surface area contributed by atoms with Gasteiger partial charge < -0.3 is 10.8 Å². The average molecular weight is 341 g/mol. The number of hydrogen-bond donors (Lipinski definition) is 4. The Labute approximate surface area is 147 Å². The van der Waals surface area contributed by atoms with Crippen LogP contribution in [0.25, 0.3) is 11.1 Å². The van der Waals surface area contributed by atoms with Gasteiger partial charge in [0.05, 0.1) is 0 Å². The molecule has 2 aromatic rings. The van der Waals surface area contributed by atoms with Crippen molar-refractivity contribution < 1.29 is 14.7 Å². The highest BCUT2D eigenvalue weighted by Gasteiger charge is 2.10. The number of benzene rings is 2. The van der Waals surface area contributed by atoms with Gasteiger partial charge >= 0.3 is 5.97 Å². The standard InChI is InChI=1S/C19H23N3O3/c20-17(19(24)25)8-4-5-13-21-22-18(23)16-11-9-15(10-12-16)14-6-2-1-3-7-14/h1-3,6-7,9-12,17,21H,4-5,8,13,20H2,(H,22,23)(H,24,25)/t17-/m0/s1. The van der Waals surface area contributed by atoms with Crippen LogP contribution in [0.3, 0.4) is 0 Å². The molecule has 6 heteroatoms. The molecule has 6 nitrogen and oxygen atoms in total.